The molecule has 6 nitrogen and oxygen atoms in total. The van der Waals surface area contributed by atoms with E-state index in [2.05, 4.69) is 27.2 Å². The van der Waals surface area contributed by atoms with Crippen LogP contribution in [0.5, 0.6) is 5.88 Å². The molecule has 1 saturated heterocycles. The van der Waals surface area contributed by atoms with Crippen molar-refractivity contribution in [3.05, 3.63) is 54.0 Å². The molecular weight excluding hydrogens is 316 g/mol. The first-order chi connectivity index (χ1) is 12.2. The number of aromatic nitrogens is 2. The fraction of sp³-hybridized carbons (Fsp3) is 0.421. The van der Waals surface area contributed by atoms with Gasteiger partial charge in [0.1, 0.15) is 11.7 Å². The highest BCUT2D eigenvalue weighted by molar-refractivity contribution is 5.96. The lowest BCUT2D eigenvalue weighted by atomic mass is 10.1. The number of hydrogen-bond donors (Lipinski definition) is 1. The lowest BCUT2D eigenvalue weighted by Crippen LogP contribution is -2.36. The van der Waals surface area contributed by atoms with E-state index >= 15 is 0 Å². The van der Waals surface area contributed by atoms with Crippen LogP contribution < -0.4 is 10.1 Å². The zero-order valence-electron chi connectivity index (χ0n) is 14.5. The van der Waals surface area contributed by atoms with Crippen LogP contribution in [-0.2, 0) is 6.42 Å². The normalized spacial score (nSPS) is 15.7. The van der Waals surface area contributed by atoms with Crippen molar-refractivity contribution in [2.75, 3.05) is 26.7 Å². The number of amides is 1. The van der Waals surface area contributed by atoms with Crippen LogP contribution in [0.2, 0.25) is 0 Å². The minimum absolute atomic E-state index is 0.120. The topological polar surface area (TPSA) is 67.3 Å². The molecule has 6 heteroatoms. The summed E-state index contributed by atoms with van der Waals surface area (Å²) >= 11 is 0. The Morgan fingerprint density at radius 1 is 1.24 bits per heavy atom. The second kappa shape index (κ2) is 8.58. The van der Waals surface area contributed by atoms with E-state index < -0.39 is 0 Å². The van der Waals surface area contributed by atoms with Gasteiger partial charge in [-0.3, -0.25) is 9.78 Å². The molecule has 132 valence electrons. The SMILES string of the molecule is CN1CCC(Oc2ncccc2C(=O)NCCc2ccncc2)CC1. The maximum absolute atomic E-state index is 12.5. The summed E-state index contributed by atoms with van der Waals surface area (Å²) in [6.45, 7) is 2.57. The molecule has 0 saturated carbocycles. The summed E-state index contributed by atoms with van der Waals surface area (Å²) in [5.74, 6) is 0.281. The van der Waals surface area contributed by atoms with Crippen LogP contribution in [0.4, 0.5) is 0 Å². The monoisotopic (exact) mass is 340 g/mol. The predicted octanol–water partition coefficient (Wildman–Crippen LogP) is 1.92. The molecule has 1 fully saturated rings. The summed E-state index contributed by atoms with van der Waals surface area (Å²) in [5.41, 5.74) is 1.64. The van der Waals surface area contributed by atoms with E-state index in [1.165, 1.54) is 0 Å². The number of rotatable bonds is 6. The Morgan fingerprint density at radius 3 is 2.76 bits per heavy atom. The Labute approximate surface area is 148 Å². The number of piperidine rings is 1. The molecule has 2 aromatic heterocycles. The largest absolute Gasteiger partial charge is 0.474 e. The van der Waals surface area contributed by atoms with Gasteiger partial charge < -0.3 is 15.0 Å². The molecule has 0 spiro atoms. The molecule has 25 heavy (non-hydrogen) atoms. The maximum atomic E-state index is 12.5. The first-order valence-electron chi connectivity index (χ1n) is 8.69. The molecule has 0 bridgehead atoms. The number of ether oxygens (including phenoxy) is 1. The number of carbonyl (C=O) groups excluding carboxylic acids is 1. The van der Waals surface area contributed by atoms with Crippen molar-refractivity contribution in [2.45, 2.75) is 25.4 Å². The minimum atomic E-state index is -0.148. The Morgan fingerprint density at radius 2 is 2.00 bits per heavy atom. The standard InChI is InChI=1S/C19H24N4O2/c1-23-13-7-16(8-14-23)25-19-17(3-2-9-22-19)18(24)21-12-6-15-4-10-20-11-5-15/h2-5,9-11,16H,6-8,12-14H2,1H3,(H,21,24). The van der Waals surface area contributed by atoms with E-state index in [9.17, 15) is 4.79 Å². The Hall–Kier alpha value is -2.47. The van der Waals surface area contributed by atoms with Crippen LogP contribution >= 0.6 is 0 Å². The number of likely N-dealkylation sites (tertiary alicyclic amines) is 1. The van der Waals surface area contributed by atoms with Crippen molar-refractivity contribution < 1.29 is 9.53 Å². The highest BCUT2D eigenvalue weighted by Gasteiger charge is 2.21. The van der Waals surface area contributed by atoms with E-state index in [4.69, 9.17) is 4.74 Å². The summed E-state index contributed by atoms with van der Waals surface area (Å²) in [4.78, 5) is 23.0. The smallest absolute Gasteiger partial charge is 0.256 e. The van der Waals surface area contributed by atoms with Crippen LogP contribution in [0.3, 0.4) is 0 Å². The third-order valence-electron chi connectivity index (χ3n) is 4.41. The molecule has 2 aromatic rings. The Kier molecular flexibility index (Phi) is 5.95. The first-order valence-corrected chi connectivity index (χ1v) is 8.69. The molecule has 1 aliphatic rings. The van der Waals surface area contributed by atoms with Gasteiger partial charge in [0.25, 0.3) is 5.91 Å². The number of nitrogens with zero attached hydrogens (tertiary/aromatic N) is 3. The van der Waals surface area contributed by atoms with Crippen LogP contribution in [0, 0.1) is 0 Å². The minimum Gasteiger partial charge on any atom is -0.474 e. The Bertz CT molecular complexity index is 685. The highest BCUT2D eigenvalue weighted by atomic mass is 16.5. The average molecular weight is 340 g/mol. The summed E-state index contributed by atoms with van der Waals surface area (Å²) < 4.78 is 6.01. The molecule has 0 unspecified atom stereocenters. The van der Waals surface area contributed by atoms with Crippen molar-refractivity contribution in [1.82, 2.24) is 20.2 Å². The van der Waals surface area contributed by atoms with Gasteiger partial charge in [0.2, 0.25) is 5.88 Å². The number of nitrogens with one attached hydrogen (secondary N) is 1. The predicted molar refractivity (Wildman–Crippen MR) is 95.7 cm³/mol. The van der Waals surface area contributed by atoms with Gasteiger partial charge in [-0.1, -0.05) is 0 Å². The van der Waals surface area contributed by atoms with E-state index in [1.54, 1.807) is 30.7 Å². The number of hydrogen-bond acceptors (Lipinski definition) is 5. The first kappa shape index (κ1) is 17.4. The zero-order chi connectivity index (χ0) is 17.5. The van der Waals surface area contributed by atoms with Crippen molar-refractivity contribution in [3.63, 3.8) is 0 Å². The third kappa shape index (κ3) is 5.00. The van der Waals surface area contributed by atoms with Crippen molar-refractivity contribution in [2.24, 2.45) is 0 Å². The quantitative estimate of drug-likeness (QED) is 0.870. The second-order valence-corrected chi connectivity index (χ2v) is 6.34. The summed E-state index contributed by atoms with van der Waals surface area (Å²) in [7, 11) is 2.11. The fourth-order valence-electron chi connectivity index (χ4n) is 2.88. The van der Waals surface area contributed by atoms with Crippen molar-refractivity contribution in [1.29, 1.82) is 0 Å². The summed E-state index contributed by atoms with van der Waals surface area (Å²) in [6.07, 6.45) is 7.97. The van der Waals surface area contributed by atoms with Gasteiger partial charge in [-0.2, -0.15) is 0 Å². The van der Waals surface area contributed by atoms with E-state index in [0.717, 1.165) is 37.9 Å². The summed E-state index contributed by atoms with van der Waals surface area (Å²) in [5, 5.41) is 2.94. The van der Waals surface area contributed by atoms with Gasteiger partial charge >= 0.3 is 0 Å². The molecule has 1 aliphatic heterocycles. The van der Waals surface area contributed by atoms with Crippen LogP contribution in [0.25, 0.3) is 0 Å². The molecule has 1 N–H and O–H groups in total. The van der Waals surface area contributed by atoms with Gasteiger partial charge in [-0.15, -0.1) is 0 Å². The molecular formula is C19H24N4O2. The average Bonchev–Trinajstić information content (AvgIpc) is 2.65. The molecule has 3 rings (SSSR count). The molecule has 0 aliphatic carbocycles. The van der Waals surface area contributed by atoms with Crippen LogP contribution in [0.1, 0.15) is 28.8 Å². The van der Waals surface area contributed by atoms with Crippen molar-refractivity contribution >= 4 is 5.91 Å². The number of carbonyl (C=O) groups is 1. The molecule has 0 radical (unpaired) electrons. The molecule has 0 aromatic carbocycles. The highest BCUT2D eigenvalue weighted by Crippen LogP contribution is 2.20. The molecule has 3 heterocycles. The summed E-state index contributed by atoms with van der Waals surface area (Å²) in [6, 6.07) is 7.42. The zero-order valence-corrected chi connectivity index (χ0v) is 14.5. The second-order valence-electron chi connectivity index (χ2n) is 6.34. The maximum Gasteiger partial charge on any atom is 0.256 e. The fourth-order valence-corrected chi connectivity index (χ4v) is 2.88. The van der Waals surface area contributed by atoms with Crippen molar-refractivity contribution in [3.8, 4) is 5.88 Å². The van der Waals surface area contributed by atoms with Gasteiger partial charge in [-0.05, 0) is 56.1 Å². The van der Waals surface area contributed by atoms with Gasteiger partial charge in [0, 0.05) is 38.2 Å². The lowest BCUT2D eigenvalue weighted by molar-refractivity contribution is 0.0919. The van der Waals surface area contributed by atoms with Crippen LogP contribution in [-0.4, -0.2) is 53.6 Å². The third-order valence-corrected chi connectivity index (χ3v) is 4.41. The van der Waals surface area contributed by atoms with E-state index in [0.29, 0.717) is 18.0 Å². The lowest BCUT2D eigenvalue weighted by Gasteiger charge is -2.29. The molecule has 1 amide bonds. The molecule has 0 atom stereocenters. The van der Waals surface area contributed by atoms with Gasteiger partial charge in [-0.25, -0.2) is 4.98 Å². The van der Waals surface area contributed by atoms with Gasteiger partial charge in [0.05, 0.1) is 0 Å². The van der Waals surface area contributed by atoms with Gasteiger partial charge in [0.15, 0.2) is 0 Å². The van der Waals surface area contributed by atoms with Crippen LogP contribution in [0.15, 0.2) is 42.9 Å². The number of pyridine rings is 2. The van der Waals surface area contributed by atoms with E-state index in [1.807, 2.05) is 12.1 Å². The van der Waals surface area contributed by atoms with E-state index in [-0.39, 0.29) is 12.0 Å². The Balaban J connectivity index is 1.56.